The number of ether oxygens (including phenoxy) is 1. The Balaban J connectivity index is 2.73. The normalized spacial score (nSPS) is 12.5. The number of aliphatic hydroxyl groups excluding tert-OH is 1. The highest BCUT2D eigenvalue weighted by Crippen LogP contribution is 2.32. The van der Waals surface area contributed by atoms with Crippen molar-refractivity contribution < 1.29 is 9.84 Å². The standard InChI is InChI=1S/C13H19Br2NO2/c1-3-11(17)8-16-7-9-5-10(14)6-12(15)13(9)18-4-2/h5-6,11,16-17H,3-4,7-8H2,1-2H3. The molecule has 1 atom stereocenters. The molecule has 0 fully saturated rings. The molecule has 1 unspecified atom stereocenters. The average Bonchev–Trinajstić information content (AvgIpc) is 2.33. The number of hydrogen-bond donors (Lipinski definition) is 2. The average molecular weight is 381 g/mol. The highest BCUT2D eigenvalue weighted by Gasteiger charge is 2.10. The van der Waals surface area contributed by atoms with Gasteiger partial charge in [-0.2, -0.15) is 0 Å². The van der Waals surface area contributed by atoms with Gasteiger partial charge in [0, 0.05) is 23.1 Å². The van der Waals surface area contributed by atoms with Crippen LogP contribution in [0.25, 0.3) is 0 Å². The molecule has 102 valence electrons. The van der Waals surface area contributed by atoms with Gasteiger partial charge in [-0.3, -0.25) is 0 Å². The molecule has 0 aromatic heterocycles. The first-order valence-corrected chi connectivity index (χ1v) is 7.66. The molecule has 18 heavy (non-hydrogen) atoms. The lowest BCUT2D eigenvalue weighted by atomic mass is 10.2. The van der Waals surface area contributed by atoms with Gasteiger partial charge in [0.15, 0.2) is 0 Å². The zero-order valence-electron chi connectivity index (χ0n) is 10.7. The Morgan fingerprint density at radius 1 is 1.33 bits per heavy atom. The number of halogens is 2. The number of nitrogens with one attached hydrogen (secondary N) is 1. The van der Waals surface area contributed by atoms with Crippen LogP contribution in [0.2, 0.25) is 0 Å². The summed E-state index contributed by atoms with van der Waals surface area (Å²) in [7, 11) is 0. The predicted octanol–water partition coefficient (Wildman–Crippen LogP) is 3.47. The third kappa shape index (κ3) is 4.88. The molecule has 1 aromatic carbocycles. The molecule has 0 bridgehead atoms. The van der Waals surface area contributed by atoms with Crippen molar-refractivity contribution in [3.63, 3.8) is 0 Å². The van der Waals surface area contributed by atoms with Gasteiger partial charge in [0.2, 0.25) is 0 Å². The fraction of sp³-hybridized carbons (Fsp3) is 0.538. The summed E-state index contributed by atoms with van der Waals surface area (Å²) in [5.74, 6) is 0.860. The third-order valence-corrected chi connectivity index (χ3v) is 3.59. The first kappa shape index (κ1) is 16.0. The maximum absolute atomic E-state index is 9.51. The Labute approximate surface area is 125 Å². The summed E-state index contributed by atoms with van der Waals surface area (Å²) in [6, 6.07) is 4.00. The summed E-state index contributed by atoms with van der Waals surface area (Å²) < 4.78 is 7.58. The van der Waals surface area contributed by atoms with Gasteiger partial charge in [0.25, 0.3) is 0 Å². The fourth-order valence-electron chi connectivity index (χ4n) is 1.57. The van der Waals surface area contributed by atoms with Gasteiger partial charge >= 0.3 is 0 Å². The molecule has 0 amide bonds. The molecule has 1 rings (SSSR count). The molecule has 0 saturated heterocycles. The molecule has 0 spiro atoms. The highest BCUT2D eigenvalue weighted by atomic mass is 79.9. The van der Waals surface area contributed by atoms with E-state index in [2.05, 4.69) is 37.2 Å². The van der Waals surface area contributed by atoms with Crippen molar-refractivity contribution in [1.29, 1.82) is 0 Å². The van der Waals surface area contributed by atoms with E-state index in [0.717, 1.165) is 26.7 Å². The van der Waals surface area contributed by atoms with Crippen molar-refractivity contribution in [2.75, 3.05) is 13.2 Å². The number of benzene rings is 1. The fourth-order valence-corrected chi connectivity index (χ4v) is 3.00. The van der Waals surface area contributed by atoms with E-state index in [9.17, 15) is 5.11 Å². The van der Waals surface area contributed by atoms with Crippen LogP contribution >= 0.6 is 31.9 Å². The Morgan fingerprint density at radius 3 is 2.67 bits per heavy atom. The van der Waals surface area contributed by atoms with Crippen LogP contribution in [0.3, 0.4) is 0 Å². The molecular weight excluding hydrogens is 362 g/mol. The molecule has 1 aromatic rings. The minimum atomic E-state index is -0.295. The van der Waals surface area contributed by atoms with Crippen LogP contribution in [0.4, 0.5) is 0 Å². The largest absolute Gasteiger partial charge is 0.492 e. The summed E-state index contributed by atoms with van der Waals surface area (Å²) in [4.78, 5) is 0. The molecule has 0 radical (unpaired) electrons. The van der Waals surface area contributed by atoms with E-state index in [4.69, 9.17) is 4.74 Å². The van der Waals surface area contributed by atoms with Gasteiger partial charge in [-0.1, -0.05) is 22.9 Å². The van der Waals surface area contributed by atoms with Crippen molar-refractivity contribution in [1.82, 2.24) is 5.32 Å². The second-order valence-corrected chi connectivity index (χ2v) is 5.77. The number of hydrogen-bond acceptors (Lipinski definition) is 3. The smallest absolute Gasteiger partial charge is 0.138 e. The lowest BCUT2D eigenvalue weighted by Crippen LogP contribution is -2.25. The van der Waals surface area contributed by atoms with E-state index in [1.165, 1.54) is 0 Å². The Bertz CT molecular complexity index is 385. The van der Waals surface area contributed by atoms with E-state index < -0.39 is 0 Å². The summed E-state index contributed by atoms with van der Waals surface area (Å²) in [6.45, 7) is 5.82. The first-order valence-electron chi connectivity index (χ1n) is 6.08. The predicted molar refractivity (Wildman–Crippen MR) is 81.0 cm³/mol. The molecule has 0 heterocycles. The van der Waals surface area contributed by atoms with E-state index >= 15 is 0 Å². The van der Waals surface area contributed by atoms with Crippen LogP contribution in [-0.4, -0.2) is 24.4 Å². The van der Waals surface area contributed by atoms with Crippen molar-refractivity contribution >= 4 is 31.9 Å². The quantitative estimate of drug-likeness (QED) is 0.760. The van der Waals surface area contributed by atoms with Crippen LogP contribution in [0, 0.1) is 0 Å². The van der Waals surface area contributed by atoms with Crippen molar-refractivity contribution in [3.8, 4) is 5.75 Å². The van der Waals surface area contributed by atoms with E-state index in [-0.39, 0.29) is 6.10 Å². The molecule has 2 N–H and O–H groups in total. The van der Waals surface area contributed by atoms with Crippen LogP contribution in [0.5, 0.6) is 5.75 Å². The van der Waals surface area contributed by atoms with Gasteiger partial charge in [0.05, 0.1) is 17.2 Å². The second kappa shape index (κ2) is 8.15. The van der Waals surface area contributed by atoms with Crippen molar-refractivity contribution in [2.45, 2.75) is 32.9 Å². The molecule has 3 nitrogen and oxygen atoms in total. The van der Waals surface area contributed by atoms with Crippen LogP contribution < -0.4 is 10.1 Å². The van der Waals surface area contributed by atoms with Gasteiger partial charge in [0.1, 0.15) is 5.75 Å². The summed E-state index contributed by atoms with van der Waals surface area (Å²) in [6.07, 6.45) is 0.462. The molecule has 0 aliphatic rings. The molecule has 0 aliphatic carbocycles. The van der Waals surface area contributed by atoms with Crippen molar-refractivity contribution in [2.24, 2.45) is 0 Å². The summed E-state index contributed by atoms with van der Waals surface area (Å²) in [5, 5.41) is 12.7. The maximum Gasteiger partial charge on any atom is 0.138 e. The number of aliphatic hydroxyl groups is 1. The maximum atomic E-state index is 9.51. The van der Waals surface area contributed by atoms with Gasteiger partial charge in [-0.25, -0.2) is 0 Å². The van der Waals surface area contributed by atoms with Crippen LogP contribution in [0.15, 0.2) is 21.1 Å². The van der Waals surface area contributed by atoms with Crippen LogP contribution in [-0.2, 0) is 6.54 Å². The summed E-state index contributed by atoms with van der Waals surface area (Å²) in [5.41, 5.74) is 1.07. The third-order valence-electron chi connectivity index (χ3n) is 2.54. The monoisotopic (exact) mass is 379 g/mol. The van der Waals surface area contributed by atoms with Gasteiger partial charge in [-0.15, -0.1) is 0 Å². The molecule has 0 aliphatic heterocycles. The van der Waals surface area contributed by atoms with Crippen molar-refractivity contribution in [3.05, 3.63) is 26.6 Å². The Hall–Kier alpha value is -0.100. The first-order chi connectivity index (χ1) is 8.58. The second-order valence-electron chi connectivity index (χ2n) is 4.00. The minimum Gasteiger partial charge on any atom is -0.492 e. The molecular formula is C13H19Br2NO2. The molecule has 5 heteroatoms. The SMILES string of the molecule is CCOc1c(Br)cc(Br)cc1CNCC(O)CC. The Morgan fingerprint density at radius 2 is 2.06 bits per heavy atom. The van der Waals surface area contributed by atoms with Crippen LogP contribution in [0.1, 0.15) is 25.8 Å². The lowest BCUT2D eigenvalue weighted by Gasteiger charge is -2.15. The van der Waals surface area contributed by atoms with E-state index in [0.29, 0.717) is 19.7 Å². The zero-order valence-corrected chi connectivity index (χ0v) is 13.8. The lowest BCUT2D eigenvalue weighted by molar-refractivity contribution is 0.167. The molecule has 0 saturated carbocycles. The minimum absolute atomic E-state index is 0.295. The van der Waals surface area contributed by atoms with E-state index in [1.807, 2.05) is 26.0 Å². The van der Waals surface area contributed by atoms with E-state index in [1.54, 1.807) is 0 Å². The number of rotatable bonds is 7. The highest BCUT2D eigenvalue weighted by molar-refractivity contribution is 9.11. The Kier molecular flexibility index (Phi) is 7.22. The topological polar surface area (TPSA) is 41.5 Å². The van der Waals surface area contributed by atoms with Gasteiger partial charge < -0.3 is 15.2 Å². The summed E-state index contributed by atoms with van der Waals surface area (Å²) >= 11 is 6.97. The van der Waals surface area contributed by atoms with Gasteiger partial charge in [-0.05, 0) is 41.4 Å². The zero-order chi connectivity index (χ0) is 13.5.